The number of hydrogen-bond acceptors (Lipinski definition) is 6. The maximum Gasteiger partial charge on any atom is 0.328 e. The van der Waals surface area contributed by atoms with Crippen molar-refractivity contribution in [2.24, 2.45) is 0 Å². The maximum atomic E-state index is 14.0. The number of esters is 1. The monoisotopic (exact) mass is 542 g/mol. The van der Waals surface area contributed by atoms with E-state index in [1.54, 1.807) is 0 Å². The number of carbonyl (C=O) groups excluding carboxylic acids is 2. The summed E-state index contributed by atoms with van der Waals surface area (Å²) >= 11 is 0. The number of halogens is 6. The minimum Gasteiger partial charge on any atom is -0.503 e. The summed E-state index contributed by atoms with van der Waals surface area (Å²) in [5, 5.41) is 12.3. The highest BCUT2D eigenvalue weighted by Crippen LogP contribution is 2.34. The molecule has 2 aromatic carbocycles. The largest absolute Gasteiger partial charge is 0.503 e. The molecule has 2 atom stereocenters. The van der Waals surface area contributed by atoms with Gasteiger partial charge in [-0.1, -0.05) is 0 Å². The summed E-state index contributed by atoms with van der Waals surface area (Å²) in [5.74, 6) is -14.4. The summed E-state index contributed by atoms with van der Waals surface area (Å²) in [6, 6.07) is 2.04. The Kier molecular flexibility index (Phi) is 8.49. The molecule has 0 spiro atoms. The first kappa shape index (κ1) is 28.3. The maximum absolute atomic E-state index is 14.0. The van der Waals surface area contributed by atoms with Crippen LogP contribution in [0.1, 0.15) is 41.4 Å². The van der Waals surface area contributed by atoms with E-state index in [1.165, 1.54) is 33.2 Å². The summed E-state index contributed by atoms with van der Waals surface area (Å²) in [4.78, 5) is 28.9. The van der Waals surface area contributed by atoms with Crippen molar-refractivity contribution in [3.8, 4) is 11.5 Å². The number of hydrogen-bond donors (Lipinski definition) is 2. The molecule has 0 aliphatic carbocycles. The summed E-state index contributed by atoms with van der Waals surface area (Å²) in [7, 11) is 1.24. The van der Waals surface area contributed by atoms with Crippen LogP contribution in [0.25, 0.3) is 0 Å². The first-order valence-corrected chi connectivity index (χ1v) is 10.9. The SMILES string of the molecule is COc1ccnc(C(=O)N[C@@H](C)C(=O)O[C@@H](C)C(c2cc(F)c(F)c(F)c2)c2cc(F)c(F)c(F)c2)c1O. The first-order valence-electron chi connectivity index (χ1n) is 10.9. The van der Waals surface area contributed by atoms with E-state index in [4.69, 9.17) is 9.47 Å². The fourth-order valence-electron chi connectivity index (χ4n) is 3.69. The van der Waals surface area contributed by atoms with Gasteiger partial charge in [-0.3, -0.25) is 4.79 Å². The number of nitrogens with one attached hydrogen (secondary N) is 1. The topological polar surface area (TPSA) is 97.8 Å². The van der Waals surface area contributed by atoms with Crippen molar-refractivity contribution in [1.82, 2.24) is 10.3 Å². The lowest BCUT2D eigenvalue weighted by atomic mass is 9.86. The van der Waals surface area contributed by atoms with Crippen LogP contribution in [-0.2, 0) is 9.53 Å². The highest BCUT2D eigenvalue weighted by molar-refractivity contribution is 5.97. The Morgan fingerprint density at radius 1 is 0.895 bits per heavy atom. The van der Waals surface area contributed by atoms with E-state index in [2.05, 4.69) is 10.3 Å². The van der Waals surface area contributed by atoms with Gasteiger partial charge in [-0.25, -0.2) is 36.1 Å². The number of benzene rings is 2. The highest BCUT2D eigenvalue weighted by Gasteiger charge is 2.31. The molecule has 0 saturated carbocycles. The predicted octanol–water partition coefficient (Wildman–Crippen LogP) is 4.51. The third-order valence-electron chi connectivity index (χ3n) is 5.53. The van der Waals surface area contributed by atoms with Crippen LogP contribution < -0.4 is 10.1 Å². The summed E-state index contributed by atoms with van der Waals surface area (Å²) in [6.07, 6.45) is -0.260. The molecule has 0 fully saturated rings. The summed E-state index contributed by atoms with van der Waals surface area (Å²) in [6.45, 7) is 2.40. The number of pyridine rings is 1. The van der Waals surface area contributed by atoms with Crippen molar-refractivity contribution in [2.45, 2.75) is 31.9 Å². The van der Waals surface area contributed by atoms with E-state index < -0.39 is 76.3 Å². The minimum absolute atomic E-state index is 0.0608. The molecule has 0 radical (unpaired) electrons. The van der Waals surface area contributed by atoms with Crippen molar-refractivity contribution in [2.75, 3.05) is 7.11 Å². The van der Waals surface area contributed by atoms with E-state index in [9.17, 15) is 41.0 Å². The molecular formula is C25H20F6N2O5. The number of rotatable bonds is 8. The minimum atomic E-state index is -1.81. The van der Waals surface area contributed by atoms with Gasteiger partial charge in [0.25, 0.3) is 5.91 Å². The van der Waals surface area contributed by atoms with Crippen LogP contribution in [0.2, 0.25) is 0 Å². The summed E-state index contributed by atoms with van der Waals surface area (Å²) in [5.41, 5.74) is -1.23. The molecule has 3 aromatic rings. The molecule has 38 heavy (non-hydrogen) atoms. The zero-order valence-electron chi connectivity index (χ0n) is 20.0. The lowest BCUT2D eigenvalue weighted by Crippen LogP contribution is -2.41. The average molecular weight is 542 g/mol. The van der Waals surface area contributed by atoms with Gasteiger partial charge in [-0.15, -0.1) is 0 Å². The Bertz CT molecular complexity index is 1280. The Morgan fingerprint density at radius 2 is 1.37 bits per heavy atom. The quantitative estimate of drug-likeness (QED) is 0.247. The number of nitrogens with zero attached hydrogens (tertiary/aromatic N) is 1. The third kappa shape index (κ3) is 5.82. The van der Waals surface area contributed by atoms with Gasteiger partial charge in [-0.05, 0) is 49.2 Å². The first-order chi connectivity index (χ1) is 17.8. The molecule has 0 aliphatic rings. The number of aromatic hydroxyl groups is 1. The van der Waals surface area contributed by atoms with E-state index in [0.717, 1.165) is 0 Å². The van der Waals surface area contributed by atoms with Crippen LogP contribution in [0.5, 0.6) is 11.5 Å². The molecule has 13 heteroatoms. The molecule has 7 nitrogen and oxygen atoms in total. The van der Waals surface area contributed by atoms with Crippen molar-refractivity contribution < 1.29 is 50.5 Å². The molecule has 0 saturated heterocycles. The fraction of sp³-hybridized carbons (Fsp3) is 0.240. The van der Waals surface area contributed by atoms with E-state index in [-0.39, 0.29) is 16.9 Å². The second kappa shape index (κ2) is 11.4. The lowest BCUT2D eigenvalue weighted by Gasteiger charge is -2.27. The Hall–Kier alpha value is -4.29. The van der Waals surface area contributed by atoms with Crippen LogP contribution >= 0.6 is 0 Å². The van der Waals surface area contributed by atoms with Crippen LogP contribution in [0, 0.1) is 34.9 Å². The summed E-state index contributed by atoms with van der Waals surface area (Å²) < 4.78 is 93.1. The highest BCUT2D eigenvalue weighted by atomic mass is 19.2. The van der Waals surface area contributed by atoms with Crippen LogP contribution in [0.4, 0.5) is 26.3 Å². The molecular weight excluding hydrogens is 522 g/mol. The molecule has 1 amide bonds. The van der Waals surface area contributed by atoms with Crippen LogP contribution in [-0.4, -0.2) is 41.2 Å². The van der Waals surface area contributed by atoms with Gasteiger partial charge in [0.05, 0.1) is 7.11 Å². The van der Waals surface area contributed by atoms with Gasteiger partial charge in [0, 0.05) is 18.2 Å². The van der Waals surface area contributed by atoms with E-state index in [1.807, 2.05) is 0 Å². The second-order valence-electron chi connectivity index (χ2n) is 8.12. The Balaban J connectivity index is 1.89. The Labute approximate surface area is 212 Å². The molecule has 0 bridgehead atoms. The number of aromatic nitrogens is 1. The molecule has 0 aliphatic heterocycles. The molecule has 0 unspecified atom stereocenters. The van der Waals surface area contributed by atoms with Gasteiger partial charge < -0.3 is 19.9 Å². The molecule has 1 aromatic heterocycles. The molecule has 2 N–H and O–H groups in total. The van der Waals surface area contributed by atoms with E-state index >= 15 is 0 Å². The van der Waals surface area contributed by atoms with Gasteiger partial charge in [0.15, 0.2) is 52.1 Å². The zero-order valence-corrected chi connectivity index (χ0v) is 20.0. The van der Waals surface area contributed by atoms with Crippen LogP contribution in [0.3, 0.4) is 0 Å². The number of methoxy groups -OCH3 is 1. The fourth-order valence-corrected chi connectivity index (χ4v) is 3.69. The van der Waals surface area contributed by atoms with Gasteiger partial charge in [0.1, 0.15) is 12.1 Å². The molecule has 202 valence electrons. The number of ether oxygens (including phenoxy) is 2. The van der Waals surface area contributed by atoms with Gasteiger partial charge >= 0.3 is 5.97 Å². The third-order valence-corrected chi connectivity index (χ3v) is 5.53. The van der Waals surface area contributed by atoms with Crippen molar-refractivity contribution in [3.63, 3.8) is 0 Å². The van der Waals surface area contributed by atoms with Gasteiger partial charge in [0.2, 0.25) is 0 Å². The van der Waals surface area contributed by atoms with Crippen molar-refractivity contribution >= 4 is 11.9 Å². The normalized spacial score (nSPS) is 12.7. The van der Waals surface area contributed by atoms with Crippen LogP contribution in [0.15, 0.2) is 36.5 Å². The average Bonchev–Trinajstić information content (AvgIpc) is 2.85. The van der Waals surface area contributed by atoms with Crippen molar-refractivity contribution in [1.29, 1.82) is 0 Å². The predicted molar refractivity (Wildman–Crippen MR) is 119 cm³/mol. The molecule has 1 heterocycles. The second-order valence-corrected chi connectivity index (χ2v) is 8.12. The number of carbonyl (C=O) groups is 2. The van der Waals surface area contributed by atoms with Gasteiger partial charge in [-0.2, -0.15) is 0 Å². The van der Waals surface area contributed by atoms with E-state index in [0.29, 0.717) is 24.3 Å². The van der Waals surface area contributed by atoms with Crippen molar-refractivity contribution in [3.05, 3.63) is 88.3 Å². The molecule has 3 rings (SSSR count). The Morgan fingerprint density at radius 3 is 1.82 bits per heavy atom. The zero-order chi connectivity index (χ0) is 28.3. The standard InChI is InChI=1S/C25H20F6N2O5/c1-10(33-24(35)22-23(34)18(37-3)4-5-32-22)25(36)38-11(2)19(12-6-14(26)20(30)15(27)7-12)13-8-16(28)21(31)17(29)9-13/h4-11,19,34H,1-3H3,(H,33,35)/t10-,11-/m0/s1. The lowest BCUT2D eigenvalue weighted by molar-refractivity contribution is -0.150. The number of amides is 1. The smallest absolute Gasteiger partial charge is 0.328 e.